The van der Waals surface area contributed by atoms with Gasteiger partial charge in [-0.15, -0.1) is 0 Å². The van der Waals surface area contributed by atoms with Gasteiger partial charge in [0.05, 0.1) is 45.0 Å². The van der Waals surface area contributed by atoms with E-state index < -0.39 is 0 Å². The number of nitriles is 2. The maximum atomic E-state index is 10.5. The molecular weight excluding hydrogens is 585 g/mol. The summed E-state index contributed by atoms with van der Waals surface area (Å²) < 4.78 is 4.49. The summed E-state index contributed by atoms with van der Waals surface area (Å²) >= 11 is 0. The highest BCUT2D eigenvalue weighted by Gasteiger charge is 2.21. The van der Waals surface area contributed by atoms with Crippen LogP contribution in [0.5, 0.6) is 0 Å². The molecule has 7 aromatic carbocycles. The highest BCUT2D eigenvalue weighted by molar-refractivity contribution is 6.15. The Morgan fingerprint density at radius 3 is 1.73 bits per heavy atom. The molecule has 0 saturated heterocycles. The molecule has 0 bridgehead atoms. The van der Waals surface area contributed by atoms with Crippen LogP contribution >= 0.6 is 0 Å². The number of aromatic nitrogens is 2. The quantitative estimate of drug-likeness (QED) is 0.199. The SMILES string of the molecule is N#Cc1cc(-n2c3ccccc3c3cccc(-c4ccc5c(c4)c4ccccc4n5-c4ccccc4)c32)c(C#N)cc1-c1ccccc1. The molecule has 48 heavy (non-hydrogen) atoms. The van der Waals surface area contributed by atoms with Crippen LogP contribution in [0.4, 0.5) is 0 Å². The van der Waals surface area contributed by atoms with E-state index in [9.17, 15) is 10.5 Å². The summed E-state index contributed by atoms with van der Waals surface area (Å²) in [5.74, 6) is 0. The number of hydrogen-bond donors (Lipinski definition) is 0. The molecule has 0 aliphatic heterocycles. The molecule has 222 valence electrons. The fourth-order valence-electron chi connectivity index (χ4n) is 7.31. The van der Waals surface area contributed by atoms with E-state index in [1.165, 1.54) is 10.8 Å². The Morgan fingerprint density at radius 1 is 0.396 bits per heavy atom. The summed E-state index contributed by atoms with van der Waals surface area (Å²) in [7, 11) is 0. The van der Waals surface area contributed by atoms with Crippen molar-refractivity contribution in [2.75, 3.05) is 0 Å². The molecule has 9 rings (SSSR count). The molecule has 4 nitrogen and oxygen atoms in total. The molecule has 0 radical (unpaired) electrons. The third-order valence-electron chi connectivity index (χ3n) is 9.40. The Bertz CT molecular complexity index is 2790. The van der Waals surface area contributed by atoms with Crippen LogP contribution in [-0.2, 0) is 0 Å². The Balaban J connectivity index is 1.35. The van der Waals surface area contributed by atoms with E-state index in [1.54, 1.807) is 0 Å². The lowest BCUT2D eigenvalue weighted by atomic mass is 9.96. The predicted octanol–water partition coefficient (Wildman–Crippen LogP) is 11.0. The number of rotatable bonds is 4. The van der Waals surface area contributed by atoms with Gasteiger partial charge in [0.1, 0.15) is 6.07 Å². The molecule has 0 fully saturated rings. The summed E-state index contributed by atoms with van der Waals surface area (Å²) in [6, 6.07) is 58.8. The van der Waals surface area contributed by atoms with Crippen LogP contribution in [0, 0.1) is 22.7 Å². The number of benzene rings is 7. The highest BCUT2D eigenvalue weighted by Crippen LogP contribution is 2.42. The summed E-state index contributed by atoms with van der Waals surface area (Å²) in [5.41, 5.74) is 10.9. The van der Waals surface area contributed by atoms with Gasteiger partial charge < -0.3 is 9.13 Å². The minimum absolute atomic E-state index is 0.506. The van der Waals surface area contributed by atoms with Gasteiger partial charge in [-0.05, 0) is 59.7 Å². The summed E-state index contributed by atoms with van der Waals surface area (Å²) in [5, 5.41) is 25.4. The van der Waals surface area contributed by atoms with Crippen LogP contribution < -0.4 is 0 Å². The number of nitrogens with zero attached hydrogens (tertiary/aromatic N) is 4. The van der Waals surface area contributed by atoms with E-state index in [-0.39, 0.29) is 0 Å². The van der Waals surface area contributed by atoms with Crippen molar-refractivity contribution in [3.63, 3.8) is 0 Å². The third-order valence-corrected chi connectivity index (χ3v) is 9.40. The Morgan fingerprint density at radius 2 is 1.00 bits per heavy atom. The minimum atomic E-state index is 0.506. The van der Waals surface area contributed by atoms with Crippen LogP contribution in [0.2, 0.25) is 0 Å². The Kier molecular flexibility index (Phi) is 6.22. The third kappa shape index (κ3) is 4.07. The first-order valence-electron chi connectivity index (χ1n) is 15.9. The van der Waals surface area contributed by atoms with Crippen LogP contribution in [0.3, 0.4) is 0 Å². The molecule has 0 aliphatic carbocycles. The second-order valence-corrected chi connectivity index (χ2v) is 12.0. The van der Waals surface area contributed by atoms with Crippen molar-refractivity contribution in [1.29, 1.82) is 10.5 Å². The van der Waals surface area contributed by atoms with Crippen molar-refractivity contribution in [2.45, 2.75) is 0 Å². The van der Waals surface area contributed by atoms with Crippen LogP contribution in [0.1, 0.15) is 11.1 Å². The van der Waals surface area contributed by atoms with Crippen LogP contribution in [-0.4, -0.2) is 9.13 Å². The molecule has 0 spiro atoms. The van der Waals surface area contributed by atoms with Gasteiger partial charge in [-0.1, -0.05) is 109 Å². The highest BCUT2D eigenvalue weighted by atomic mass is 15.0. The molecule has 0 unspecified atom stereocenters. The molecule has 0 N–H and O–H groups in total. The summed E-state index contributed by atoms with van der Waals surface area (Å²) in [4.78, 5) is 0. The molecule has 4 heteroatoms. The zero-order valence-electron chi connectivity index (χ0n) is 25.8. The maximum Gasteiger partial charge on any atom is 0.101 e. The van der Waals surface area contributed by atoms with Crippen molar-refractivity contribution in [3.8, 4) is 45.8 Å². The van der Waals surface area contributed by atoms with Crippen molar-refractivity contribution in [3.05, 3.63) is 169 Å². The van der Waals surface area contributed by atoms with Crippen LogP contribution in [0.15, 0.2) is 158 Å². The fourth-order valence-corrected chi connectivity index (χ4v) is 7.31. The van der Waals surface area contributed by atoms with E-state index in [1.807, 2.05) is 60.7 Å². The summed E-state index contributed by atoms with van der Waals surface area (Å²) in [6.45, 7) is 0. The van der Waals surface area contributed by atoms with E-state index in [0.717, 1.165) is 60.8 Å². The van der Waals surface area contributed by atoms with Gasteiger partial charge in [0, 0.05) is 38.4 Å². The van der Waals surface area contributed by atoms with Crippen LogP contribution in [0.25, 0.3) is 77.2 Å². The smallest absolute Gasteiger partial charge is 0.101 e. The second kappa shape index (κ2) is 10.9. The Labute approximate surface area is 277 Å². The lowest BCUT2D eigenvalue weighted by molar-refractivity contribution is 1.16. The molecule has 0 amide bonds. The van der Waals surface area contributed by atoms with Gasteiger partial charge in [-0.2, -0.15) is 10.5 Å². The standard InChI is InChI=1S/C44H26N4/c45-27-31-26-43(32(28-46)25-38(31)29-12-3-1-4-13-29)48-41-21-10-7-16-35(41)37-19-11-18-34(44(37)48)30-22-23-42-39(24-30)36-17-8-9-20-40(36)47(42)33-14-5-2-6-15-33/h1-26H. The van der Waals surface area contributed by atoms with Gasteiger partial charge in [-0.3, -0.25) is 0 Å². The number of para-hydroxylation sites is 4. The molecule has 2 aromatic heterocycles. The first kappa shape index (κ1) is 27.4. The van der Waals surface area contributed by atoms with Gasteiger partial charge >= 0.3 is 0 Å². The first-order chi connectivity index (χ1) is 23.7. The van der Waals surface area contributed by atoms with E-state index >= 15 is 0 Å². The van der Waals surface area contributed by atoms with Crippen molar-refractivity contribution < 1.29 is 0 Å². The van der Waals surface area contributed by atoms with E-state index in [0.29, 0.717) is 16.8 Å². The van der Waals surface area contributed by atoms with Gasteiger partial charge in [0.2, 0.25) is 0 Å². The maximum absolute atomic E-state index is 10.5. The zero-order chi connectivity index (χ0) is 32.2. The van der Waals surface area contributed by atoms with E-state index in [2.05, 4.69) is 118 Å². The second-order valence-electron chi connectivity index (χ2n) is 12.0. The lowest BCUT2D eigenvalue weighted by Crippen LogP contribution is -2.01. The average Bonchev–Trinajstić information content (AvgIpc) is 3.67. The fraction of sp³-hybridized carbons (Fsp3) is 0. The topological polar surface area (TPSA) is 57.4 Å². The van der Waals surface area contributed by atoms with Crippen molar-refractivity contribution >= 4 is 43.6 Å². The zero-order valence-corrected chi connectivity index (χ0v) is 25.8. The van der Waals surface area contributed by atoms with E-state index in [4.69, 9.17) is 0 Å². The largest absolute Gasteiger partial charge is 0.309 e. The molecule has 0 saturated carbocycles. The average molecular weight is 611 g/mol. The molecular formula is C44H26N4. The van der Waals surface area contributed by atoms with Gasteiger partial charge in [0.25, 0.3) is 0 Å². The van der Waals surface area contributed by atoms with Gasteiger partial charge in [0.15, 0.2) is 0 Å². The predicted molar refractivity (Wildman–Crippen MR) is 195 cm³/mol. The number of hydrogen-bond acceptors (Lipinski definition) is 2. The van der Waals surface area contributed by atoms with Crippen molar-refractivity contribution in [2.24, 2.45) is 0 Å². The monoisotopic (exact) mass is 610 g/mol. The van der Waals surface area contributed by atoms with Gasteiger partial charge in [-0.25, -0.2) is 0 Å². The Hall–Kier alpha value is -6.88. The molecule has 9 aromatic rings. The number of fused-ring (bicyclic) bond motifs is 6. The minimum Gasteiger partial charge on any atom is -0.309 e. The molecule has 2 heterocycles. The normalized spacial score (nSPS) is 11.3. The van der Waals surface area contributed by atoms with Crippen molar-refractivity contribution in [1.82, 2.24) is 9.13 Å². The molecule has 0 aliphatic rings. The lowest BCUT2D eigenvalue weighted by Gasteiger charge is -2.15. The summed E-state index contributed by atoms with van der Waals surface area (Å²) in [6.07, 6.45) is 0. The molecule has 0 atom stereocenters. The first-order valence-corrected chi connectivity index (χ1v) is 15.9.